The summed E-state index contributed by atoms with van der Waals surface area (Å²) in [5.74, 6) is 0.792. The molecule has 20 heavy (non-hydrogen) atoms. The van der Waals surface area contributed by atoms with Crippen molar-refractivity contribution in [2.45, 2.75) is 18.9 Å². The average Bonchev–Trinajstić information content (AvgIpc) is 2.43. The Hall–Kier alpha value is -1.22. The van der Waals surface area contributed by atoms with Crippen molar-refractivity contribution in [3.05, 3.63) is 63.6 Å². The molecule has 0 saturated heterocycles. The number of ether oxygens (including phenoxy) is 1. The molecule has 0 aliphatic rings. The van der Waals surface area contributed by atoms with Crippen LogP contribution in [0.1, 0.15) is 11.1 Å². The van der Waals surface area contributed by atoms with Crippen molar-refractivity contribution in [3.63, 3.8) is 0 Å². The van der Waals surface area contributed by atoms with Gasteiger partial charge in [-0.05, 0) is 35.7 Å². The van der Waals surface area contributed by atoms with Crippen molar-refractivity contribution in [2.24, 2.45) is 0 Å². The number of halogens is 2. The molecule has 0 saturated carbocycles. The van der Waals surface area contributed by atoms with Crippen LogP contribution in [0, 0.1) is 0 Å². The maximum Gasteiger partial charge on any atom is 0.122 e. The molecular weight excluding hydrogens is 295 g/mol. The Bertz CT molecular complexity index is 584. The van der Waals surface area contributed by atoms with Crippen molar-refractivity contribution >= 4 is 23.2 Å². The molecule has 2 aromatic rings. The van der Waals surface area contributed by atoms with E-state index in [4.69, 9.17) is 27.9 Å². The lowest BCUT2D eigenvalue weighted by Gasteiger charge is -2.13. The van der Waals surface area contributed by atoms with E-state index >= 15 is 0 Å². The molecule has 2 nitrogen and oxygen atoms in total. The van der Waals surface area contributed by atoms with Crippen LogP contribution in [0.4, 0.5) is 0 Å². The second-order valence-electron chi connectivity index (χ2n) is 4.62. The first-order valence-electron chi connectivity index (χ1n) is 6.34. The van der Waals surface area contributed by atoms with Crippen LogP contribution < -0.4 is 4.74 Å². The van der Waals surface area contributed by atoms with Crippen LogP contribution in [0.5, 0.6) is 5.75 Å². The first kappa shape index (κ1) is 15.2. The van der Waals surface area contributed by atoms with Gasteiger partial charge in [-0.1, -0.05) is 47.5 Å². The normalized spacial score (nSPS) is 12.2. The summed E-state index contributed by atoms with van der Waals surface area (Å²) < 4.78 is 5.28. The van der Waals surface area contributed by atoms with Crippen LogP contribution in [-0.2, 0) is 12.8 Å². The van der Waals surface area contributed by atoms with Crippen LogP contribution in [-0.4, -0.2) is 18.3 Å². The minimum absolute atomic E-state index is 0.497. The monoisotopic (exact) mass is 310 g/mol. The molecule has 4 heteroatoms. The SMILES string of the molecule is COc1ccccc1CC(O)Cc1ccc(Cl)c(Cl)c1. The standard InChI is InChI=1S/C16H16Cl2O2/c1-20-16-5-3-2-4-12(16)10-13(19)8-11-6-7-14(17)15(18)9-11/h2-7,9,13,19H,8,10H2,1H3. The molecule has 0 aromatic heterocycles. The van der Waals surface area contributed by atoms with Crippen LogP contribution in [0.15, 0.2) is 42.5 Å². The predicted octanol–water partition coefficient (Wildman–Crippen LogP) is 4.15. The zero-order valence-electron chi connectivity index (χ0n) is 11.1. The lowest BCUT2D eigenvalue weighted by molar-refractivity contribution is 0.174. The number of para-hydroxylation sites is 1. The fourth-order valence-corrected chi connectivity index (χ4v) is 2.46. The van der Waals surface area contributed by atoms with Gasteiger partial charge in [0, 0.05) is 6.42 Å². The highest BCUT2D eigenvalue weighted by Gasteiger charge is 2.11. The molecule has 0 radical (unpaired) electrons. The van der Waals surface area contributed by atoms with E-state index in [9.17, 15) is 5.11 Å². The van der Waals surface area contributed by atoms with Gasteiger partial charge in [-0.15, -0.1) is 0 Å². The number of aliphatic hydroxyl groups is 1. The number of rotatable bonds is 5. The Morgan fingerprint density at radius 3 is 2.50 bits per heavy atom. The van der Waals surface area contributed by atoms with E-state index in [-0.39, 0.29) is 0 Å². The summed E-state index contributed by atoms with van der Waals surface area (Å²) in [5, 5.41) is 11.2. The fourth-order valence-electron chi connectivity index (χ4n) is 2.14. The van der Waals surface area contributed by atoms with Gasteiger partial charge >= 0.3 is 0 Å². The molecule has 0 spiro atoms. The molecule has 2 rings (SSSR count). The molecule has 1 unspecified atom stereocenters. The zero-order chi connectivity index (χ0) is 14.5. The zero-order valence-corrected chi connectivity index (χ0v) is 12.7. The Morgan fingerprint density at radius 2 is 1.80 bits per heavy atom. The van der Waals surface area contributed by atoms with Crippen molar-refractivity contribution < 1.29 is 9.84 Å². The van der Waals surface area contributed by atoms with Crippen LogP contribution in [0.25, 0.3) is 0 Å². The Kier molecular flexibility index (Phi) is 5.30. The molecule has 1 atom stereocenters. The van der Waals surface area contributed by atoms with E-state index in [1.54, 1.807) is 19.2 Å². The highest BCUT2D eigenvalue weighted by atomic mass is 35.5. The summed E-state index contributed by atoms with van der Waals surface area (Å²) in [4.78, 5) is 0. The largest absolute Gasteiger partial charge is 0.496 e. The summed E-state index contributed by atoms with van der Waals surface area (Å²) in [5.41, 5.74) is 1.95. The molecule has 0 fully saturated rings. The summed E-state index contributed by atoms with van der Waals surface area (Å²) in [6.07, 6.45) is 0.558. The minimum atomic E-state index is -0.497. The van der Waals surface area contributed by atoms with Crippen molar-refractivity contribution in [2.75, 3.05) is 7.11 Å². The number of benzene rings is 2. The van der Waals surface area contributed by atoms with Gasteiger partial charge in [-0.2, -0.15) is 0 Å². The molecule has 0 amide bonds. The van der Waals surface area contributed by atoms with Gasteiger partial charge in [0.1, 0.15) is 5.75 Å². The van der Waals surface area contributed by atoms with E-state index < -0.39 is 6.10 Å². The van der Waals surface area contributed by atoms with Gasteiger partial charge in [0.25, 0.3) is 0 Å². The molecule has 0 aliphatic carbocycles. The van der Waals surface area contributed by atoms with Crippen molar-refractivity contribution in [1.29, 1.82) is 0 Å². The Labute approximate surface area is 128 Å². The van der Waals surface area contributed by atoms with E-state index in [2.05, 4.69) is 0 Å². The topological polar surface area (TPSA) is 29.5 Å². The third-order valence-corrected chi connectivity index (χ3v) is 3.84. The second kappa shape index (κ2) is 6.98. The number of hydrogen-bond donors (Lipinski definition) is 1. The highest BCUT2D eigenvalue weighted by molar-refractivity contribution is 6.42. The van der Waals surface area contributed by atoms with Gasteiger partial charge < -0.3 is 9.84 Å². The summed E-state index contributed by atoms with van der Waals surface area (Å²) in [6, 6.07) is 13.1. The highest BCUT2D eigenvalue weighted by Crippen LogP contribution is 2.24. The molecule has 106 valence electrons. The Morgan fingerprint density at radius 1 is 1.05 bits per heavy atom. The lowest BCUT2D eigenvalue weighted by atomic mass is 10.0. The average molecular weight is 311 g/mol. The quantitative estimate of drug-likeness (QED) is 0.899. The number of hydrogen-bond acceptors (Lipinski definition) is 2. The molecular formula is C16H16Cl2O2. The lowest BCUT2D eigenvalue weighted by Crippen LogP contribution is -2.14. The van der Waals surface area contributed by atoms with Crippen LogP contribution in [0.2, 0.25) is 10.0 Å². The molecule has 0 bridgehead atoms. The van der Waals surface area contributed by atoms with E-state index in [0.29, 0.717) is 22.9 Å². The first-order valence-corrected chi connectivity index (χ1v) is 7.09. The van der Waals surface area contributed by atoms with E-state index in [0.717, 1.165) is 16.9 Å². The van der Waals surface area contributed by atoms with Gasteiger partial charge in [-0.3, -0.25) is 0 Å². The molecule has 0 heterocycles. The van der Waals surface area contributed by atoms with Crippen molar-refractivity contribution in [1.82, 2.24) is 0 Å². The third-order valence-electron chi connectivity index (χ3n) is 3.10. The first-order chi connectivity index (χ1) is 9.60. The van der Waals surface area contributed by atoms with E-state index in [1.165, 1.54) is 0 Å². The maximum absolute atomic E-state index is 10.2. The van der Waals surface area contributed by atoms with Gasteiger partial charge in [0.15, 0.2) is 0 Å². The van der Waals surface area contributed by atoms with Crippen LogP contribution in [0.3, 0.4) is 0 Å². The Balaban J connectivity index is 2.05. The molecule has 0 aliphatic heterocycles. The fraction of sp³-hybridized carbons (Fsp3) is 0.250. The van der Waals surface area contributed by atoms with Gasteiger partial charge in [0.05, 0.1) is 23.3 Å². The number of methoxy groups -OCH3 is 1. The summed E-state index contributed by atoms with van der Waals surface area (Å²) in [6.45, 7) is 0. The molecule has 2 aromatic carbocycles. The second-order valence-corrected chi connectivity index (χ2v) is 5.44. The van der Waals surface area contributed by atoms with Crippen LogP contribution >= 0.6 is 23.2 Å². The van der Waals surface area contributed by atoms with Gasteiger partial charge in [0.2, 0.25) is 0 Å². The maximum atomic E-state index is 10.2. The minimum Gasteiger partial charge on any atom is -0.496 e. The smallest absolute Gasteiger partial charge is 0.122 e. The predicted molar refractivity (Wildman–Crippen MR) is 82.9 cm³/mol. The van der Waals surface area contributed by atoms with Gasteiger partial charge in [-0.25, -0.2) is 0 Å². The van der Waals surface area contributed by atoms with E-state index in [1.807, 2.05) is 30.3 Å². The third kappa shape index (κ3) is 3.89. The summed E-state index contributed by atoms with van der Waals surface area (Å²) in [7, 11) is 1.63. The number of aliphatic hydroxyl groups excluding tert-OH is 1. The summed E-state index contributed by atoms with van der Waals surface area (Å²) >= 11 is 11.8. The molecule has 1 N–H and O–H groups in total. The van der Waals surface area contributed by atoms with Crippen molar-refractivity contribution in [3.8, 4) is 5.75 Å².